The van der Waals surface area contributed by atoms with Crippen LogP contribution in [0.15, 0.2) is 24.3 Å². The standard InChI is InChI=1S/C12H16N2O/c1-8-5-3-4-6-10(8)11-7-13-12(15)9(2)14-11/h3-6,9,11,14H,7H2,1-2H3,(H,13,15). The van der Waals surface area contributed by atoms with Crippen LogP contribution in [-0.4, -0.2) is 18.5 Å². The normalized spacial score (nSPS) is 26.1. The van der Waals surface area contributed by atoms with Gasteiger partial charge in [0.1, 0.15) is 0 Å². The van der Waals surface area contributed by atoms with Crippen molar-refractivity contribution in [1.29, 1.82) is 0 Å². The van der Waals surface area contributed by atoms with Crippen LogP contribution < -0.4 is 10.6 Å². The first-order chi connectivity index (χ1) is 7.18. The van der Waals surface area contributed by atoms with Gasteiger partial charge in [0, 0.05) is 6.54 Å². The average Bonchev–Trinajstić information content (AvgIpc) is 2.23. The van der Waals surface area contributed by atoms with Gasteiger partial charge in [0.15, 0.2) is 0 Å². The van der Waals surface area contributed by atoms with Gasteiger partial charge in [-0.3, -0.25) is 10.1 Å². The van der Waals surface area contributed by atoms with Gasteiger partial charge in [0.25, 0.3) is 0 Å². The van der Waals surface area contributed by atoms with Crippen LogP contribution >= 0.6 is 0 Å². The molecule has 0 aromatic heterocycles. The molecule has 1 amide bonds. The SMILES string of the molecule is Cc1ccccc1C1CNC(=O)C(C)N1. The molecule has 0 radical (unpaired) electrons. The zero-order chi connectivity index (χ0) is 10.8. The van der Waals surface area contributed by atoms with E-state index < -0.39 is 0 Å². The maximum absolute atomic E-state index is 11.3. The van der Waals surface area contributed by atoms with E-state index in [1.807, 2.05) is 19.1 Å². The van der Waals surface area contributed by atoms with Crippen LogP contribution in [0.25, 0.3) is 0 Å². The van der Waals surface area contributed by atoms with Gasteiger partial charge in [-0.1, -0.05) is 24.3 Å². The number of carbonyl (C=O) groups is 1. The number of benzene rings is 1. The van der Waals surface area contributed by atoms with Crippen LogP contribution in [0.5, 0.6) is 0 Å². The number of hydrogen-bond donors (Lipinski definition) is 2. The van der Waals surface area contributed by atoms with Crippen LogP contribution in [0, 0.1) is 6.92 Å². The van der Waals surface area contributed by atoms with Crippen LogP contribution in [0.1, 0.15) is 24.1 Å². The topological polar surface area (TPSA) is 41.1 Å². The Balaban J connectivity index is 2.19. The third-order valence-electron chi connectivity index (χ3n) is 2.89. The molecule has 0 saturated carbocycles. The van der Waals surface area contributed by atoms with E-state index in [4.69, 9.17) is 0 Å². The van der Waals surface area contributed by atoms with E-state index in [-0.39, 0.29) is 18.0 Å². The molecule has 2 N–H and O–H groups in total. The fourth-order valence-corrected chi connectivity index (χ4v) is 1.97. The monoisotopic (exact) mass is 204 g/mol. The molecule has 1 aromatic rings. The van der Waals surface area contributed by atoms with Crippen molar-refractivity contribution >= 4 is 5.91 Å². The summed E-state index contributed by atoms with van der Waals surface area (Å²) in [6, 6.07) is 8.40. The van der Waals surface area contributed by atoms with Crippen molar-refractivity contribution in [3.05, 3.63) is 35.4 Å². The zero-order valence-corrected chi connectivity index (χ0v) is 9.08. The third-order valence-corrected chi connectivity index (χ3v) is 2.89. The smallest absolute Gasteiger partial charge is 0.236 e. The molecule has 2 unspecified atom stereocenters. The molecule has 1 saturated heterocycles. The number of aryl methyl sites for hydroxylation is 1. The molecular formula is C12H16N2O. The third kappa shape index (κ3) is 2.02. The Bertz CT molecular complexity index is 376. The second-order valence-corrected chi connectivity index (χ2v) is 4.04. The average molecular weight is 204 g/mol. The fourth-order valence-electron chi connectivity index (χ4n) is 1.97. The van der Waals surface area contributed by atoms with Gasteiger partial charge in [0.05, 0.1) is 12.1 Å². The van der Waals surface area contributed by atoms with E-state index >= 15 is 0 Å². The summed E-state index contributed by atoms with van der Waals surface area (Å²) in [7, 11) is 0. The molecule has 3 nitrogen and oxygen atoms in total. The lowest BCUT2D eigenvalue weighted by atomic mass is 9.99. The molecule has 80 valence electrons. The quantitative estimate of drug-likeness (QED) is 0.720. The molecule has 1 aromatic carbocycles. The van der Waals surface area contributed by atoms with Crippen LogP contribution in [-0.2, 0) is 4.79 Å². The number of carbonyl (C=O) groups excluding carboxylic acids is 1. The molecule has 3 heteroatoms. The minimum Gasteiger partial charge on any atom is -0.353 e. The van der Waals surface area contributed by atoms with Gasteiger partial charge in [-0.05, 0) is 25.0 Å². The summed E-state index contributed by atoms with van der Waals surface area (Å²) in [6.45, 7) is 4.66. The van der Waals surface area contributed by atoms with Crippen molar-refractivity contribution in [2.75, 3.05) is 6.54 Å². The lowest BCUT2D eigenvalue weighted by Crippen LogP contribution is -2.53. The summed E-state index contributed by atoms with van der Waals surface area (Å²) < 4.78 is 0. The molecule has 0 bridgehead atoms. The molecule has 0 spiro atoms. The molecular weight excluding hydrogens is 188 g/mol. The van der Waals surface area contributed by atoms with Gasteiger partial charge in [-0.15, -0.1) is 0 Å². The summed E-state index contributed by atoms with van der Waals surface area (Å²) in [5.74, 6) is 0.0832. The molecule has 0 aliphatic carbocycles. The van der Waals surface area contributed by atoms with Gasteiger partial charge >= 0.3 is 0 Å². The number of amides is 1. The first-order valence-electron chi connectivity index (χ1n) is 5.28. The van der Waals surface area contributed by atoms with E-state index in [0.29, 0.717) is 6.54 Å². The first-order valence-corrected chi connectivity index (χ1v) is 5.28. The Hall–Kier alpha value is -1.35. The van der Waals surface area contributed by atoms with Crippen LogP contribution in [0.2, 0.25) is 0 Å². The van der Waals surface area contributed by atoms with Crippen molar-refractivity contribution in [3.63, 3.8) is 0 Å². The molecule has 1 aliphatic heterocycles. The highest BCUT2D eigenvalue weighted by atomic mass is 16.2. The second-order valence-electron chi connectivity index (χ2n) is 4.04. The highest BCUT2D eigenvalue weighted by Gasteiger charge is 2.25. The van der Waals surface area contributed by atoms with Crippen molar-refractivity contribution in [2.45, 2.75) is 25.9 Å². The molecule has 1 heterocycles. The molecule has 2 rings (SSSR count). The maximum atomic E-state index is 11.3. The highest BCUT2D eigenvalue weighted by Crippen LogP contribution is 2.19. The van der Waals surface area contributed by atoms with Gasteiger partial charge in [-0.25, -0.2) is 0 Å². The van der Waals surface area contributed by atoms with Gasteiger partial charge in [-0.2, -0.15) is 0 Å². The lowest BCUT2D eigenvalue weighted by Gasteiger charge is -2.30. The van der Waals surface area contributed by atoms with Crippen molar-refractivity contribution in [1.82, 2.24) is 10.6 Å². The summed E-state index contributed by atoms with van der Waals surface area (Å²) in [4.78, 5) is 11.3. The Morgan fingerprint density at radius 1 is 1.33 bits per heavy atom. The molecule has 15 heavy (non-hydrogen) atoms. The summed E-state index contributed by atoms with van der Waals surface area (Å²) in [6.07, 6.45) is 0. The Labute approximate surface area is 89.9 Å². The summed E-state index contributed by atoms with van der Waals surface area (Å²) >= 11 is 0. The highest BCUT2D eigenvalue weighted by molar-refractivity contribution is 5.82. The number of piperazine rings is 1. The summed E-state index contributed by atoms with van der Waals surface area (Å²) in [5.41, 5.74) is 2.53. The van der Waals surface area contributed by atoms with E-state index in [1.165, 1.54) is 11.1 Å². The Kier molecular flexibility index (Phi) is 2.73. The zero-order valence-electron chi connectivity index (χ0n) is 9.08. The largest absolute Gasteiger partial charge is 0.353 e. The van der Waals surface area contributed by atoms with E-state index in [0.717, 1.165) is 0 Å². The summed E-state index contributed by atoms with van der Waals surface area (Å²) in [5, 5.41) is 6.22. The first kappa shape index (κ1) is 10.2. The van der Waals surface area contributed by atoms with E-state index in [2.05, 4.69) is 29.7 Å². The van der Waals surface area contributed by atoms with Crippen LogP contribution in [0.3, 0.4) is 0 Å². The van der Waals surface area contributed by atoms with E-state index in [9.17, 15) is 4.79 Å². The Morgan fingerprint density at radius 2 is 2.07 bits per heavy atom. The minimum absolute atomic E-state index is 0.0832. The predicted molar refractivity (Wildman–Crippen MR) is 59.5 cm³/mol. The second kappa shape index (κ2) is 4.03. The number of hydrogen-bond acceptors (Lipinski definition) is 2. The van der Waals surface area contributed by atoms with Crippen molar-refractivity contribution < 1.29 is 4.79 Å². The predicted octanol–water partition coefficient (Wildman–Crippen LogP) is 1.14. The van der Waals surface area contributed by atoms with Gasteiger partial charge < -0.3 is 5.32 Å². The lowest BCUT2D eigenvalue weighted by molar-refractivity contribution is -0.124. The molecule has 1 aliphatic rings. The maximum Gasteiger partial charge on any atom is 0.236 e. The van der Waals surface area contributed by atoms with Crippen molar-refractivity contribution in [3.8, 4) is 0 Å². The number of rotatable bonds is 1. The van der Waals surface area contributed by atoms with Crippen LogP contribution in [0.4, 0.5) is 0 Å². The molecule has 2 atom stereocenters. The van der Waals surface area contributed by atoms with Crippen molar-refractivity contribution in [2.24, 2.45) is 0 Å². The number of nitrogens with one attached hydrogen (secondary N) is 2. The van der Waals surface area contributed by atoms with Gasteiger partial charge in [0.2, 0.25) is 5.91 Å². The fraction of sp³-hybridized carbons (Fsp3) is 0.417. The van der Waals surface area contributed by atoms with E-state index in [1.54, 1.807) is 0 Å². The molecule has 1 fully saturated rings. The minimum atomic E-state index is -0.108. The Morgan fingerprint density at radius 3 is 2.73 bits per heavy atom.